The lowest BCUT2D eigenvalue weighted by Gasteiger charge is -2.14. The molecule has 0 spiro atoms. The molecule has 5 heteroatoms. The number of hydrogen-bond acceptors (Lipinski definition) is 2. The second-order valence-corrected chi connectivity index (χ2v) is 5.52. The molecule has 0 saturated carbocycles. The minimum atomic E-state index is -3.09. The quantitative estimate of drug-likeness (QED) is 0.649. The highest BCUT2D eigenvalue weighted by molar-refractivity contribution is 14.2. The SMILES string of the molecule is C=IC(F)(F)Oc1ccc(NC(C)C)cc1. The first-order valence-electron chi connectivity index (χ1n) is 4.76. The standard InChI is InChI=1S/C11H14F2INO/c1-8(2)15-9-4-6-10(7-5-9)16-11(12,13)14-3/h4-8,15H,3H2,1-2H3. The lowest BCUT2D eigenvalue weighted by atomic mass is 10.3. The van der Waals surface area contributed by atoms with Gasteiger partial charge in [0, 0.05) is 32.5 Å². The van der Waals surface area contributed by atoms with Crippen molar-refractivity contribution < 1.29 is 13.5 Å². The van der Waals surface area contributed by atoms with Crippen molar-refractivity contribution in [2.75, 3.05) is 5.32 Å². The van der Waals surface area contributed by atoms with Crippen LogP contribution in [-0.4, -0.2) is 14.7 Å². The van der Waals surface area contributed by atoms with Gasteiger partial charge in [0.05, 0.1) is 0 Å². The number of halogens is 3. The molecule has 1 rings (SSSR count). The number of ether oxygens (including phenoxy) is 1. The zero-order valence-electron chi connectivity index (χ0n) is 9.14. The van der Waals surface area contributed by atoms with Gasteiger partial charge in [-0.1, -0.05) is 4.51 Å². The third-order valence-corrected chi connectivity index (χ3v) is 2.81. The van der Waals surface area contributed by atoms with E-state index >= 15 is 0 Å². The van der Waals surface area contributed by atoms with Gasteiger partial charge in [0.15, 0.2) is 0 Å². The van der Waals surface area contributed by atoms with E-state index < -0.39 is 24.8 Å². The monoisotopic (exact) mass is 341 g/mol. The molecule has 0 amide bonds. The number of benzene rings is 1. The maximum atomic E-state index is 12.9. The molecular formula is C11H14F2INO. The smallest absolute Gasteiger partial charge is 0.425 e. The van der Waals surface area contributed by atoms with Crippen LogP contribution in [-0.2, 0) is 0 Å². The number of nitrogens with one attached hydrogen (secondary N) is 1. The van der Waals surface area contributed by atoms with Crippen LogP contribution in [0.25, 0.3) is 0 Å². The van der Waals surface area contributed by atoms with E-state index in [1.807, 2.05) is 13.8 Å². The fourth-order valence-electron chi connectivity index (χ4n) is 1.11. The summed E-state index contributed by atoms with van der Waals surface area (Å²) in [5, 5.41) is 3.16. The summed E-state index contributed by atoms with van der Waals surface area (Å²) >= 11 is -1.51. The Hall–Kier alpha value is -0.720. The Kier molecular flexibility index (Phi) is 4.64. The first-order chi connectivity index (χ1) is 7.43. The van der Waals surface area contributed by atoms with Gasteiger partial charge in [0.25, 0.3) is 0 Å². The van der Waals surface area contributed by atoms with Crippen LogP contribution in [0.15, 0.2) is 24.3 Å². The average molecular weight is 341 g/mol. The van der Waals surface area contributed by atoms with Crippen LogP contribution < -0.4 is 10.1 Å². The maximum absolute atomic E-state index is 12.9. The van der Waals surface area contributed by atoms with Gasteiger partial charge in [-0.3, -0.25) is 0 Å². The van der Waals surface area contributed by atoms with E-state index in [9.17, 15) is 8.78 Å². The Bertz CT molecular complexity index is 352. The summed E-state index contributed by atoms with van der Waals surface area (Å²) in [6.45, 7) is 4.01. The van der Waals surface area contributed by atoms with E-state index in [4.69, 9.17) is 0 Å². The van der Waals surface area contributed by atoms with Gasteiger partial charge in [-0.2, -0.15) is 8.78 Å². The second kappa shape index (κ2) is 5.56. The average Bonchev–Trinajstić information content (AvgIpc) is 2.20. The van der Waals surface area contributed by atoms with Crippen LogP contribution in [0.4, 0.5) is 14.5 Å². The molecule has 16 heavy (non-hydrogen) atoms. The van der Waals surface area contributed by atoms with E-state index in [1.165, 1.54) is 12.1 Å². The lowest BCUT2D eigenvalue weighted by Crippen LogP contribution is -2.16. The number of anilines is 1. The van der Waals surface area contributed by atoms with E-state index in [0.717, 1.165) is 5.69 Å². The Morgan fingerprint density at radius 3 is 2.31 bits per heavy atom. The lowest BCUT2D eigenvalue weighted by molar-refractivity contribution is -0.0692. The minimum Gasteiger partial charge on any atom is -0.425 e. The van der Waals surface area contributed by atoms with Crippen LogP contribution in [0, 0.1) is 0 Å². The maximum Gasteiger partial charge on any atom is 0.445 e. The van der Waals surface area contributed by atoms with E-state index in [-0.39, 0.29) is 5.75 Å². The Morgan fingerprint density at radius 1 is 1.31 bits per heavy atom. The summed E-state index contributed by atoms with van der Waals surface area (Å²) in [5.41, 5.74) is 0.884. The van der Waals surface area contributed by atoms with Gasteiger partial charge < -0.3 is 10.1 Å². The summed E-state index contributed by atoms with van der Waals surface area (Å²) in [7, 11) is 0. The van der Waals surface area contributed by atoms with Crippen LogP contribution in [0.1, 0.15) is 13.8 Å². The molecule has 0 atom stereocenters. The molecule has 0 heterocycles. The Labute approximate surface area is 104 Å². The molecule has 0 saturated heterocycles. The van der Waals surface area contributed by atoms with Gasteiger partial charge in [-0.25, -0.2) is 0 Å². The van der Waals surface area contributed by atoms with Crippen LogP contribution in [0.5, 0.6) is 5.75 Å². The highest BCUT2D eigenvalue weighted by Gasteiger charge is 2.27. The van der Waals surface area contributed by atoms with Gasteiger partial charge in [-0.15, -0.1) is 0 Å². The summed E-state index contributed by atoms with van der Waals surface area (Å²) in [5.74, 6) is 0.169. The van der Waals surface area contributed by atoms with Gasteiger partial charge >= 0.3 is 4.12 Å². The van der Waals surface area contributed by atoms with Crippen molar-refractivity contribution in [1.29, 1.82) is 0 Å². The van der Waals surface area contributed by atoms with Crippen molar-refractivity contribution in [3.63, 3.8) is 0 Å². The van der Waals surface area contributed by atoms with Crippen molar-refractivity contribution in [3.8, 4) is 5.75 Å². The summed E-state index contributed by atoms with van der Waals surface area (Å²) in [4.78, 5) is 0. The van der Waals surface area contributed by atoms with Crippen molar-refractivity contribution in [3.05, 3.63) is 24.3 Å². The van der Waals surface area contributed by atoms with Crippen molar-refractivity contribution >= 4 is 30.9 Å². The van der Waals surface area contributed by atoms with Gasteiger partial charge in [-0.05, 0) is 38.1 Å². The fourth-order valence-corrected chi connectivity index (χ4v) is 1.52. The van der Waals surface area contributed by atoms with Crippen molar-refractivity contribution in [1.82, 2.24) is 0 Å². The van der Waals surface area contributed by atoms with E-state index in [0.29, 0.717) is 6.04 Å². The zero-order valence-corrected chi connectivity index (χ0v) is 11.3. The van der Waals surface area contributed by atoms with Gasteiger partial charge in [0.1, 0.15) is 5.75 Å². The third-order valence-electron chi connectivity index (χ3n) is 1.70. The number of hydrogen-bond donors (Lipinski definition) is 1. The van der Waals surface area contributed by atoms with E-state index in [2.05, 4.69) is 14.6 Å². The van der Waals surface area contributed by atoms with Crippen LogP contribution in [0.3, 0.4) is 0 Å². The van der Waals surface area contributed by atoms with Crippen molar-refractivity contribution in [2.45, 2.75) is 24.0 Å². The largest absolute Gasteiger partial charge is 0.445 e. The second-order valence-electron chi connectivity index (χ2n) is 3.50. The fraction of sp³-hybridized carbons (Fsp3) is 0.364. The molecule has 2 nitrogen and oxygen atoms in total. The Morgan fingerprint density at radius 2 is 1.88 bits per heavy atom. The summed E-state index contributed by atoms with van der Waals surface area (Å²) < 4.78 is 30.5. The molecule has 0 fully saturated rings. The van der Waals surface area contributed by atoms with Crippen LogP contribution >= 0.6 is 20.7 Å². The molecule has 0 aromatic heterocycles. The van der Waals surface area contributed by atoms with Gasteiger partial charge in [0.2, 0.25) is 0 Å². The number of alkyl halides is 3. The third kappa shape index (κ3) is 4.42. The topological polar surface area (TPSA) is 21.3 Å². The molecule has 1 aromatic rings. The first-order valence-corrected chi connectivity index (χ1v) is 7.36. The highest BCUT2D eigenvalue weighted by Crippen LogP contribution is 2.31. The molecule has 0 unspecified atom stereocenters. The molecule has 0 aliphatic heterocycles. The predicted octanol–water partition coefficient (Wildman–Crippen LogP) is 3.84. The summed E-state index contributed by atoms with van der Waals surface area (Å²) in [6, 6.07) is 6.79. The van der Waals surface area contributed by atoms with Crippen LogP contribution in [0.2, 0.25) is 0 Å². The predicted molar refractivity (Wildman–Crippen MR) is 71.9 cm³/mol. The summed E-state index contributed by atoms with van der Waals surface area (Å²) in [6.07, 6.45) is 0. The molecule has 0 bridgehead atoms. The molecular weight excluding hydrogens is 327 g/mol. The molecule has 1 aromatic carbocycles. The minimum absolute atomic E-state index is 0.169. The molecule has 1 N–H and O–H groups in total. The molecule has 0 aliphatic rings. The molecule has 0 radical (unpaired) electrons. The zero-order chi connectivity index (χ0) is 12.2. The van der Waals surface area contributed by atoms with Crippen molar-refractivity contribution in [2.24, 2.45) is 0 Å². The Balaban J connectivity index is 2.68. The first kappa shape index (κ1) is 13.3. The molecule has 0 aliphatic carbocycles. The normalized spacial score (nSPS) is 11.6. The highest BCUT2D eigenvalue weighted by atomic mass is 127. The van der Waals surface area contributed by atoms with E-state index in [1.54, 1.807) is 12.1 Å². The number of rotatable bonds is 5. The molecule has 90 valence electrons.